The van der Waals surface area contributed by atoms with Gasteiger partial charge in [0.25, 0.3) is 10.0 Å². The summed E-state index contributed by atoms with van der Waals surface area (Å²) in [6, 6.07) is 0. The standard InChI is InChI=1S/C8H15BrN4O3S/c1-4-16-6(2)5-10-17(14,15)8-7(9)11-12-13(8)3/h6,10H,4-5H2,1-3H3. The van der Waals surface area contributed by atoms with Gasteiger partial charge in [-0.1, -0.05) is 5.21 Å². The van der Waals surface area contributed by atoms with Crippen LogP contribution in [0.4, 0.5) is 0 Å². The van der Waals surface area contributed by atoms with E-state index >= 15 is 0 Å². The van der Waals surface area contributed by atoms with E-state index in [1.54, 1.807) is 6.92 Å². The highest BCUT2D eigenvalue weighted by molar-refractivity contribution is 9.10. The van der Waals surface area contributed by atoms with Gasteiger partial charge in [0.05, 0.1) is 6.10 Å². The molecule has 1 unspecified atom stereocenters. The van der Waals surface area contributed by atoms with Crippen LogP contribution >= 0.6 is 15.9 Å². The lowest BCUT2D eigenvalue weighted by atomic mass is 10.4. The second kappa shape index (κ2) is 5.89. The van der Waals surface area contributed by atoms with Gasteiger partial charge in [0, 0.05) is 20.2 Å². The fourth-order valence-electron chi connectivity index (χ4n) is 1.25. The zero-order valence-corrected chi connectivity index (χ0v) is 12.2. The molecule has 0 amide bonds. The molecule has 98 valence electrons. The zero-order chi connectivity index (χ0) is 13.1. The summed E-state index contributed by atoms with van der Waals surface area (Å²) in [6.07, 6.45) is -0.185. The lowest BCUT2D eigenvalue weighted by Crippen LogP contribution is -2.33. The van der Waals surface area contributed by atoms with E-state index in [2.05, 4.69) is 31.0 Å². The van der Waals surface area contributed by atoms with Crippen LogP contribution in [0.15, 0.2) is 9.63 Å². The number of aromatic nitrogens is 3. The van der Waals surface area contributed by atoms with Crippen LogP contribution in [0.2, 0.25) is 0 Å². The van der Waals surface area contributed by atoms with Crippen molar-refractivity contribution >= 4 is 26.0 Å². The maximum atomic E-state index is 11.9. The number of nitrogens with zero attached hydrogens (tertiary/aromatic N) is 3. The Kier molecular flexibility index (Phi) is 5.04. The third-order valence-corrected chi connectivity index (χ3v) is 4.31. The van der Waals surface area contributed by atoms with Crippen LogP contribution in [0, 0.1) is 0 Å². The van der Waals surface area contributed by atoms with Crippen molar-refractivity contribution in [2.24, 2.45) is 7.05 Å². The molecule has 1 heterocycles. The molecule has 0 aliphatic rings. The van der Waals surface area contributed by atoms with Gasteiger partial charge in [-0.15, -0.1) is 5.10 Å². The van der Waals surface area contributed by atoms with E-state index in [4.69, 9.17) is 4.74 Å². The number of aryl methyl sites for hydroxylation is 1. The van der Waals surface area contributed by atoms with Crippen LogP contribution in [0.1, 0.15) is 13.8 Å². The van der Waals surface area contributed by atoms with E-state index in [1.165, 1.54) is 11.7 Å². The fraction of sp³-hybridized carbons (Fsp3) is 0.750. The Morgan fingerprint density at radius 2 is 2.24 bits per heavy atom. The van der Waals surface area contributed by atoms with E-state index in [0.717, 1.165) is 0 Å². The quantitative estimate of drug-likeness (QED) is 0.811. The molecule has 1 aromatic heterocycles. The predicted molar refractivity (Wildman–Crippen MR) is 65.0 cm³/mol. The summed E-state index contributed by atoms with van der Waals surface area (Å²) in [5.41, 5.74) is 0. The smallest absolute Gasteiger partial charge is 0.260 e. The number of sulfonamides is 1. The molecule has 1 atom stereocenters. The Labute approximate surface area is 109 Å². The lowest BCUT2D eigenvalue weighted by Gasteiger charge is -2.12. The third kappa shape index (κ3) is 3.73. The molecular formula is C8H15BrN4O3S. The van der Waals surface area contributed by atoms with Crippen molar-refractivity contribution in [3.8, 4) is 0 Å². The van der Waals surface area contributed by atoms with E-state index in [0.29, 0.717) is 6.61 Å². The molecule has 1 aromatic rings. The average Bonchev–Trinajstić information content (AvgIpc) is 2.57. The van der Waals surface area contributed by atoms with Crippen molar-refractivity contribution in [3.63, 3.8) is 0 Å². The van der Waals surface area contributed by atoms with Gasteiger partial charge in [0.2, 0.25) is 5.03 Å². The lowest BCUT2D eigenvalue weighted by molar-refractivity contribution is 0.0799. The van der Waals surface area contributed by atoms with Gasteiger partial charge in [-0.2, -0.15) is 0 Å². The van der Waals surface area contributed by atoms with Crippen LogP contribution in [0.3, 0.4) is 0 Å². The molecule has 0 aliphatic carbocycles. The molecule has 0 saturated carbocycles. The van der Waals surface area contributed by atoms with E-state index in [9.17, 15) is 8.42 Å². The Balaban J connectivity index is 2.76. The molecule has 0 aromatic carbocycles. The number of halogens is 1. The summed E-state index contributed by atoms with van der Waals surface area (Å²) in [7, 11) is -2.12. The highest BCUT2D eigenvalue weighted by atomic mass is 79.9. The first-order chi connectivity index (χ1) is 7.88. The van der Waals surface area contributed by atoms with Crippen LogP contribution in [0.25, 0.3) is 0 Å². The minimum absolute atomic E-state index is 0.00111. The van der Waals surface area contributed by atoms with E-state index in [-0.39, 0.29) is 22.3 Å². The second-order valence-corrected chi connectivity index (χ2v) is 5.86. The summed E-state index contributed by atoms with van der Waals surface area (Å²) in [6.45, 7) is 4.39. The zero-order valence-electron chi connectivity index (χ0n) is 9.84. The van der Waals surface area contributed by atoms with Gasteiger partial charge in [-0.05, 0) is 29.8 Å². The Morgan fingerprint density at radius 3 is 2.71 bits per heavy atom. The van der Waals surface area contributed by atoms with Crippen molar-refractivity contribution < 1.29 is 13.2 Å². The molecule has 0 saturated heterocycles. The monoisotopic (exact) mass is 326 g/mol. The summed E-state index contributed by atoms with van der Waals surface area (Å²) in [5, 5.41) is 7.24. The first-order valence-electron chi connectivity index (χ1n) is 5.05. The number of nitrogens with one attached hydrogen (secondary N) is 1. The molecular weight excluding hydrogens is 312 g/mol. The van der Waals surface area contributed by atoms with Crippen LogP contribution in [-0.2, 0) is 21.8 Å². The molecule has 9 heteroatoms. The van der Waals surface area contributed by atoms with Gasteiger partial charge < -0.3 is 4.74 Å². The van der Waals surface area contributed by atoms with Gasteiger partial charge in [0.1, 0.15) is 0 Å². The highest BCUT2D eigenvalue weighted by Gasteiger charge is 2.24. The van der Waals surface area contributed by atoms with Crippen molar-refractivity contribution in [1.29, 1.82) is 0 Å². The van der Waals surface area contributed by atoms with Crippen molar-refractivity contribution in [3.05, 3.63) is 4.60 Å². The minimum atomic E-state index is -3.63. The van der Waals surface area contributed by atoms with Crippen molar-refractivity contribution in [2.45, 2.75) is 25.0 Å². The Hall–Kier alpha value is -0.510. The molecule has 0 spiro atoms. The fourth-order valence-corrected chi connectivity index (χ4v) is 3.45. The third-order valence-electron chi connectivity index (χ3n) is 2.00. The normalized spacial score (nSPS) is 13.9. The van der Waals surface area contributed by atoms with E-state index in [1.807, 2.05) is 6.92 Å². The maximum Gasteiger partial charge on any atom is 0.260 e. The summed E-state index contributed by atoms with van der Waals surface area (Å²) < 4.78 is 33.0. The van der Waals surface area contributed by atoms with Crippen LogP contribution < -0.4 is 4.72 Å². The maximum absolute atomic E-state index is 11.9. The van der Waals surface area contributed by atoms with Crippen molar-refractivity contribution in [2.75, 3.05) is 13.2 Å². The molecule has 0 bridgehead atoms. The summed E-state index contributed by atoms with van der Waals surface area (Å²) >= 11 is 3.05. The Morgan fingerprint density at radius 1 is 1.59 bits per heavy atom. The van der Waals surface area contributed by atoms with E-state index < -0.39 is 10.0 Å². The molecule has 7 nitrogen and oxygen atoms in total. The molecule has 0 aliphatic heterocycles. The average molecular weight is 327 g/mol. The van der Waals surface area contributed by atoms with Gasteiger partial charge in [-0.25, -0.2) is 17.8 Å². The Bertz CT molecular complexity index is 454. The second-order valence-electron chi connectivity index (χ2n) is 3.43. The SMILES string of the molecule is CCOC(C)CNS(=O)(=O)c1c(Br)nnn1C. The molecule has 1 rings (SSSR count). The largest absolute Gasteiger partial charge is 0.377 e. The molecule has 0 fully saturated rings. The first-order valence-corrected chi connectivity index (χ1v) is 7.32. The first kappa shape index (κ1) is 14.6. The van der Waals surface area contributed by atoms with Gasteiger partial charge in [0.15, 0.2) is 4.60 Å². The number of rotatable bonds is 6. The summed E-state index contributed by atoms with van der Waals surface area (Å²) in [4.78, 5) is 0. The summed E-state index contributed by atoms with van der Waals surface area (Å²) in [5.74, 6) is 0. The molecule has 1 N–H and O–H groups in total. The van der Waals surface area contributed by atoms with Gasteiger partial charge >= 0.3 is 0 Å². The van der Waals surface area contributed by atoms with Crippen molar-refractivity contribution in [1.82, 2.24) is 19.7 Å². The van der Waals surface area contributed by atoms with Crippen LogP contribution in [-0.4, -0.2) is 42.7 Å². The number of hydrogen-bond acceptors (Lipinski definition) is 5. The topological polar surface area (TPSA) is 86.1 Å². The highest BCUT2D eigenvalue weighted by Crippen LogP contribution is 2.17. The van der Waals surface area contributed by atoms with Gasteiger partial charge in [-0.3, -0.25) is 0 Å². The molecule has 0 radical (unpaired) electrons. The molecule has 17 heavy (non-hydrogen) atoms. The predicted octanol–water partition coefficient (Wildman–Crippen LogP) is 0.281. The number of ether oxygens (including phenoxy) is 1. The minimum Gasteiger partial charge on any atom is -0.377 e. The number of hydrogen-bond donors (Lipinski definition) is 1. The van der Waals surface area contributed by atoms with Crippen LogP contribution in [0.5, 0.6) is 0 Å².